The van der Waals surface area contributed by atoms with E-state index in [-0.39, 0.29) is 17.6 Å². The lowest BCUT2D eigenvalue weighted by molar-refractivity contribution is -0.140. The summed E-state index contributed by atoms with van der Waals surface area (Å²) >= 11 is 0. The minimum Gasteiger partial charge on any atom is -0.469 e. The Labute approximate surface area is 88.1 Å². The number of carbonyl (C=O) groups excluding carboxylic acids is 1. The van der Waals surface area contributed by atoms with Crippen molar-refractivity contribution in [2.45, 2.75) is 18.6 Å². The van der Waals surface area contributed by atoms with Crippen molar-refractivity contribution in [2.75, 3.05) is 33.5 Å². The summed E-state index contributed by atoms with van der Waals surface area (Å²) in [4.78, 5) is 12.9. The molecule has 0 saturated heterocycles. The smallest absolute Gasteiger partial charge is 0.306 e. The van der Waals surface area contributed by atoms with Gasteiger partial charge in [0.15, 0.2) is 0 Å². The second-order valence-electron chi connectivity index (χ2n) is 3.48. The number of rotatable bonds is 6. The Kier molecular flexibility index (Phi) is 6.74. The molecule has 2 atom stereocenters. The molecule has 0 amide bonds. The molecule has 0 spiro atoms. The topological polar surface area (TPSA) is 46.6 Å². The summed E-state index contributed by atoms with van der Waals surface area (Å²) < 4.78 is 16.1. The first kappa shape index (κ1) is 13.6. The molecule has 0 heterocycles. The zero-order valence-corrected chi connectivity index (χ0v) is 10.1. The molecule has 0 aliphatic rings. The van der Waals surface area contributed by atoms with Crippen molar-refractivity contribution in [1.29, 1.82) is 0 Å². The average molecular weight is 221 g/mol. The maximum Gasteiger partial charge on any atom is 0.306 e. The van der Waals surface area contributed by atoms with Crippen molar-refractivity contribution in [1.82, 2.24) is 4.90 Å². The van der Waals surface area contributed by atoms with Crippen LogP contribution in [-0.4, -0.2) is 53.8 Å². The SMILES string of the molecule is COC(=O)CC(C)S(=O)CCN(C)C. The molecule has 0 aromatic rings. The molecule has 0 aliphatic carbocycles. The van der Waals surface area contributed by atoms with Gasteiger partial charge in [-0.05, 0) is 14.1 Å². The minimum atomic E-state index is -0.950. The van der Waals surface area contributed by atoms with Gasteiger partial charge in [-0.25, -0.2) is 0 Å². The van der Waals surface area contributed by atoms with Crippen molar-refractivity contribution in [3.63, 3.8) is 0 Å². The van der Waals surface area contributed by atoms with Gasteiger partial charge >= 0.3 is 5.97 Å². The molecule has 0 bridgehead atoms. The van der Waals surface area contributed by atoms with Crippen LogP contribution in [0.2, 0.25) is 0 Å². The van der Waals surface area contributed by atoms with E-state index in [9.17, 15) is 9.00 Å². The Morgan fingerprint density at radius 3 is 2.50 bits per heavy atom. The van der Waals surface area contributed by atoms with E-state index in [1.54, 1.807) is 0 Å². The minimum absolute atomic E-state index is 0.123. The Bertz CT molecular complexity index is 206. The van der Waals surface area contributed by atoms with Crippen LogP contribution in [0.1, 0.15) is 13.3 Å². The number of carbonyl (C=O) groups is 1. The van der Waals surface area contributed by atoms with Gasteiger partial charge in [0, 0.05) is 28.3 Å². The zero-order valence-electron chi connectivity index (χ0n) is 9.28. The molecule has 84 valence electrons. The fourth-order valence-electron chi connectivity index (χ4n) is 0.885. The first-order valence-electron chi connectivity index (χ1n) is 4.56. The van der Waals surface area contributed by atoms with E-state index >= 15 is 0 Å². The summed E-state index contributed by atoms with van der Waals surface area (Å²) in [6.45, 7) is 2.58. The Balaban J connectivity index is 3.82. The van der Waals surface area contributed by atoms with E-state index < -0.39 is 10.8 Å². The van der Waals surface area contributed by atoms with E-state index in [2.05, 4.69) is 4.74 Å². The first-order valence-corrected chi connectivity index (χ1v) is 5.94. The average Bonchev–Trinajstić information content (AvgIpc) is 2.13. The van der Waals surface area contributed by atoms with Crippen LogP contribution in [0.4, 0.5) is 0 Å². The molecule has 0 fully saturated rings. The summed E-state index contributed by atoms with van der Waals surface area (Å²) in [5.74, 6) is 0.307. The van der Waals surface area contributed by atoms with Crippen LogP contribution in [0.3, 0.4) is 0 Å². The molecule has 0 rings (SSSR count). The molecule has 2 unspecified atom stereocenters. The fourth-order valence-corrected chi connectivity index (χ4v) is 2.15. The number of methoxy groups -OCH3 is 1. The van der Waals surface area contributed by atoms with Gasteiger partial charge in [-0.3, -0.25) is 9.00 Å². The van der Waals surface area contributed by atoms with Crippen LogP contribution in [0.15, 0.2) is 0 Å². The van der Waals surface area contributed by atoms with Gasteiger partial charge in [-0.1, -0.05) is 6.92 Å². The van der Waals surface area contributed by atoms with E-state index in [0.29, 0.717) is 5.75 Å². The van der Waals surface area contributed by atoms with E-state index in [0.717, 1.165) is 6.54 Å². The molecule has 0 saturated carbocycles. The van der Waals surface area contributed by atoms with Crippen molar-refractivity contribution >= 4 is 16.8 Å². The van der Waals surface area contributed by atoms with Gasteiger partial charge in [0.2, 0.25) is 0 Å². The van der Waals surface area contributed by atoms with Gasteiger partial charge in [0.25, 0.3) is 0 Å². The van der Waals surface area contributed by atoms with Gasteiger partial charge in [0.05, 0.1) is 13.5 Å². The second-order valence-corrected chi connectivity index (χ2v) is 5.45. The van der Waals surface area contributed by atoms with E-state index in [4.69, 9.17) is 0 Å². The summed E-state index contributed by atoms with van der Waals surface area (Å²) in [6.07, 6.45) is 0.233. The molecule has 0 aromatic heterocycles. The summed E-state index contributed by atoms with van der Waals surface area (Å²) in [6, 6.07) is 0. The fraction of sp³-hybridized carbons (Fsp3) is 0.889. The largest absolute Gasteiger partial charge is 0.469 e. The van der Waals surface area contributed by atoms with Crippen molar-refractivity contribution in [2.24, 2.45) is 0 Å². The van der Waals surface area contributed by atoms with Crippen LogP contribution in [-0.2, 0) is 20.3 Å². The highest BCUT2D eigenvalue weighted by Crippen LogP contribution is 2.03. The summed E-state index contributed by atoms with van der Waals surface area (Å²) in [5, 5.41) is -0.123. The first-order chi connectivity index (χ1) is 6.47. The van der Waals surface area contributed by atoms with Crippen LogP contribution in [0, 0.1) is 0 Å². The molecule has 5 heteroatoms. The molecule has 4 nitrogen and oxygen atoms in total. The molecule has 0 aromatic carbocycles. The van der Waals surface area contributed by atoms with Crippen LogP contribution in [0.5, 0.6) is 0 Å². The summed E-state index contributed by atoms with van der Waals surface area (Å²) in [7, 11) is 4.26. The molecule has 0 radical (unpaired) electrons. The van der Waals surface area contributed by atoms with Gasteiger partial charge < -0.3 is 9.64 Å². The monoisotopic (exact) mass is 221 g/mol. The lowest BCUT2D eigenvalue weighted by Crippen LogP contribution is -2.25. The number of hydrogen-bond donors (Lipinski definition) is 0. The number of hydrogen-bond acceptors (Lipinski definition) is 4. The predicted molar refractivity (Wildman–Crippen MR) is 57.7 cm³/mol. The Morgan fingerprint density at radius 2 is 2.07 bits per heavy atom. The zero-order chi connectivity index (χ0) is 11.1. The maximum atomic E-state index is 11.6. The predicted octanol–water partition coefficient (Wildman–Crippen LogP) is 0.248. The van der Waals surface area contributed by atoms with Crippen molar-refractivity contribution in [3.05, 3.63) is 0 Å². The molecule has 0 N–H and O–H groups in total. The second kappa shape index (κ2) is 6.95. The van der Waals surface area contributed by atoms with Gasteiger partial charge in [-0.2, -0.15) is 0 Å². The molecule has 14 heavy (non-hydrogen) atoms. The van der Waals surface area contributed by atoms with E-state index in [1.807, 2.05) is 25.9 Å². The molecular weight excluding hydrogens is 202 g/mol. The quantitative estimate of drug-likeness (QED) is 0.603. The Morgan fingerprint density at radius 1 is 1.50 bits per heavy atom. The van der Waals surface area contributed by atoms with Gasteiger partial charge in [-0.15, -0.1) is 0 Å². The molecular formula is C9H19NO3S. The Hall–Kier alpha value is -0.420. The lowest BCUT2D eigenvalue weighted by atomic mass is 10.3. The normalized spacial score (nSPS) is 15.2. The molecule has 0 aliphatic heterocycles. The van der Waals surface area contributed by atoms with Crippen molar-refractivity contribution in [3.8, 4) is 0 Å². The number of nitrogens with zero attached hydrogens (tertiary/aromatic N) is 1. The van der Waals surface area contributed by atoms with Crippen LogP contribution < -0.4 is 0 Å². The van der Waals surface area contributed by atoms with Gasteiger partial charge in [0.1, 0.15) is 0 Å². The highest BCUT2D eigenvalue weighted by atomic mass is 32.2. The van der Waals surface area contributed by atoms with Crippen LogP contribution in [0.25, 0.3) is 0 Å². The number of esters is 1. The summed E-state index contributed by atoms with van der Waals surface area (Å²) in [5.41, 5.74) is 0. The van der Waals surface area contributed by atoms with E-state index in [1.165, 1.54) is 7.11 Å². The third-order valence-corrected chi connectivity index (χ3v) is 3.52. The maximum absolute atomic E-state index is 11.6. The van der Waals surface area contributed by atoms with Crippen LogP contribution >= 0.6 is 0 Å². The highest BCUT2D eigenvalue weighted by Gasteiger charge is 2.15. The lowest BCUT2D eigenvalue weighted by Gasteiger charge is -2.12. The number of ether oxygens (including phenoxy) is 1. The standard InChI is InChI=1S/C9H19NO3S/c1-8(7-9(11)13-4)14(12)6-5-10(2)3/h8H,5-7H2,1-4H3. The highest BCUT2D eigenvalue weighted by molar-refractivity contribution is 7.85. The third kappa shape index (κ3) is 6.10. The van der Waals surface area contributed by atoms with Crippen molar-refractivity contribution < 1.29 is 13.7 Å². The third-order valence-electron chi connectivity index (χ3n) is 1.87.